The number of nitrogens with one attached hydrogen (secondary N) is 1. The lowest BCUT2D eigenvalue weighted by molar-refractivity contribution is -0.113. The smallest absolute Gasteiger partial charge is 0.234 e. The quantitative estimate of drug-likeness (QED) is 0.328. The van der Waals surface area contributed by atoms with E-state index in [4.69, 9.17) is 0 Å². The predicted octanol–water partition coefficient (Wildman–Crippen LogP) is 5.32. The van der Waals surface area contributed by atoms with E-state index < -0.39 is 0 Å². The van der Waals surface area contributed by atoms with Crippen molar-refractivity contribution >= 4 is 34.1 Å². The van der Waals surface area contributed by atoms with Gasteiger partial charge in [0.2, 0.25) is 5.91 Å². The number of aromatic nitrogens is 3. The molecule has 0 spiro atoms. The highest BCUT2D eigenvalue weighted by molar-refractivity contribution is 7.99. The van der Waals surface area contributed by atoms with Crippen LogP contribution in [0.3, 0.4) is 0 Å². The number of carbonyl (C=O) groups excluding carboxylic acids is 1. The predicted molar refractivity (Wildman–Crippen MR) is 124 cm³/mol. The first-order valence-corrected chi connectivity index (χ1v) is 10.7. The van der Waals surface area contributed by atoms with Crippen molar-refractivity contribution in [3.8, 4) is 11.4 Å². The average Bonchev–Trinajstić information content (AvgIpc) is 3.15. The molecule has 0 bridgehead atoms. The molecule has 150 valence electrons. The Morgan fingerprint density at radius 3 is 2.73 bits per heavy atom. The number of carbonyl (C=O) groups is 1. The van der Waals surface area contributed by atoms with Gasteiger partial charge < -0.3 is 5.32 Å². The zero-order valence-corrected chi connectivity index (χ0v) is 17.5. The first kappa shape index (κ1) is 19.9. The molecule has 6 heteroatoms. The van der Waals surface area contributed by atoms with Crippen molar-refractivity contribution < 1.29 is 4.79 Å². The van der Waals surface area contributed by atoms with Crippen LogP contribution in [0.2, 0.25) is 0 Å². The molecule has 1 heterocycles. The van der Waals surface area contributed by atoms with Crippen LogP contribution in [0.5, 0.6) is 0 Å². The lowest BCUT2D eigenvalue weighted by Crippen LogP contribution is -2.15. The van der Waals surface area contributed by atoms with Crippen LogP contribution in [0, 0.1) is 6.92 Å². The molecule has 1 amide bonds. The van der Waals surface area contributed by atoms with Gasteiger partial charge in [-0.1, -0.05) is 78.0 Å². The third-order valence-electron chi connectivity index (χ3n) is 4.70. The van der Waals surface area contributed by atoms with Gasteiger partial charge in [-0.2, -0.15) is 0 Å². The standard InChI is InChI=1S/C24H22N4OS/c1-3-14-28-23(19-11-6-8-17(2)15-19)26-27-24(28)30-16-22(29)25-21-13-7-10-18-9-4-5-12-20(18)21/h3-13,15H,1,14,16H2,2H3,(H,25,29). The van der Waals surface area contributed by atoms with Gasteiger partial charge in [-0.3, -0.25) is 9.36 Å². The zero-order chi connectivity index (χ0) is 20.9. The van der Waals surface area contributed by atoms with Gasteiger partial charge in [-0.15, -0.1) is 16.8 Å². The van der Waals surface area contributed by atoms with Gasteiger partial charge in [0.25, 0.3) is 0 Å². The Balaban J connectivity index is 1.50. The minimum atomic E-state index is -0.0818. The number of nitrogens with zero attached hydrogens (tertiary/aromatic N) is 3. The van der Waals surface area contributed by atoms with Gasteiger partial charge in [-0.25, -0.2) is 0 Å². The normalized spacial score (nSPS) is 10.8. The fourth-order valence-corrected chi connectivity index (χ4v) is 4.09. The average molecular weight is 415 g/mol. The number of amides is 1. The third-order valence-corrected chi connectivity index (χ3v) is 5.67. The number of rotatable bonds is 7. The molecule has 0 unspecified atom stereocenters. The summed E-state index contributed by atoms with van der Waals surface area (Å²) in [6.07, 6.45) is 1.81. The Labute approximate surface area is 179 Å². The second kappa shape index (κ2) is 8.97. The highest BCUT2D eigenvalue weighted by Crippen LogP contribution is 2.26. The Morgan fingerprint density at radius 1 is 1.10 bits per heavy atom. The van der Waals surface area contributed by atoms with Gasteiger partial charge in [0.1, 0.15) is 0 Å². The van der Waals surface area contributed by atoms with Crippen LogP contribution in [0.4, 0.5) is 5.69 Å². The Kier molecular flexibility index (Phi) is 5.95. The molecule has 1 N–H and O–H groups in total. The van der Waals surface area contributed by atoms with Crippen LogP contribution in [0.1, 0.15) is 5.56 Å². The molecule has 4 rings (SSSR count). The summed E-state index contributed by atoms with van der Waals surface area (Å²) < 4.78 is 1.98. The van der Waals surface area contributed by atoms with E-state index in [-0.39, 0.29) is 11.7 Å². The second-order valence-electron chi connectivity index (χ2n) is 6.94. The number of thioether (sulfide) groups is 1. The Morgan fingerprint density at radius 2 is 1.90 bits per heavy atom. The van der Waals surface area contributed by atoms with Crippen molar-refractivity contribution in [3.05, 3.63) is 84.9 Å². The fourth-order valence-electron chi connectivity index (χ4n) is 3.34. The van der Waals surface area contributed by atoms with Crippen molar-refractivity contribution in [1.82, 2.24) is 14.8 Å². The van der Waals surface area contributed by atoms with Crippen molar-refractivity contribution in [2.75, 3.05) is 11.1 Å². The highest BCUT2D eigenvalue weighted by Gasteiger charge is 2.15. The summed E-state index contributed by atoms with van der Waals surface area (Å²) in [5.41, 5.74) is 2.97. The molecule has 0 aliphatic rings. The molecule has 0 radical (unpaired) electrons. The van der Waals surface area contributed by atoms with Gasteiger partial charge in [-0.05, 0) is 24.4 Å². The Bertz CT molecular complexity index is 1210. The van der Waals surface area contributed by atoms with E-state index in [0.29, 0.717) is 11.7 Å². The van der Waals surface area contributed by atoms with Gasteiger partial charge in [0.05, 0.1) is 5.75 Å². The van der Waals surface area contributed by atoms with Crippen LogP contribution in [0.15, 0.2) is 84.5 Å². The maximum absolute atomic E-state index is 12.6. The van der Waals surface area contributed by atoms with Crippen LogP contribution >= 0.6 is 11.8 Å². The number of allylic oxidation sites excluding steroid dienone is 1. The van der Waals surface area contributed by atoms with Gasteiger partial charge in [0, 0.05) is 23.2 Å². The van der Waals surface area contributed by atoms with Crippen molar-refractivity contribution in [3.63, 3.8) is 0 Å². The van der Waals surface area contributed by atoms with E-state index in [1.54, 1.807) is 0 Å². The van der Waals surface area contributed by atoms with E-state index >= 15 is 0 Å². The van der Waals surface area contributed by atoms with Crippen molar-refractivity contribution in [2.24, 2.45) is 0 Å². The summed E-state index contributed by atoms with van der Waals surface area (Å²) in [5.74, 6) is 0.934. The third kappa shape index (κ3) is 4.28. The fraction of sp³-hybridized carbons (Fsp3) is 0.125. The van der Waals surface area contributed by atoms with Gasteiger partial charge >= 0.3 is 0 Å². The number of anilines is 1. The largest absolute Gasteiger partial charge is 0.325 e. The summed E-state index contributed by atoms with van der Waals surface area (Å²) in [6.45, 7) is 6.46. The van der Waals surface area contributed by atoms with Crippen LogP contribution in [-0.4, -0.2) is 26.4 Å². The van der Waals surface area contributed by atoms with Crippen molar-refractivity contribution in [2.45, 2.75) is 18.6 Å². The molecule has 0 aliphatic heterocycles. The maximum atomic E-state index is 12.6. The lowest BCUT2D eigenvalue weighted by Gasteiger charge is -2.10. The highest BCUT2D eigenvalue weighted by atomic mass is 32.2. The summed E-state index contributed by atoms with van der Waals surface area (Å²) in [5, 5.41) is 14.5. The number of fused-ring (bicyclic) bond motifs is 1. The molecule has 0 fully saturated rings. The van der Waals surface area contributed by atoms with E-state index in [0.717, 1.165) is 33.4 Å². The zero-order valence-electron chi connectivity index (χ0n) is 16.7. The maximum Gasteiger partial charge on any atom is 0.234 e. The number of aryl methyl sites for hydroxylation is 1. The summed E-state index contributed by atoms with van der Waals surface area (Å²) in [7, 11) is 0. The topological polar surface area (TPSA) is 59.8 Å². The molecule has 1 aromatic heterocycles. The number of hydrogen-bond acceptors (Lipinski definition) is 4. The molecular formula is C24H22N4OS. The number of benzene rings is 3. The van der Waals surface area contributed by atoms with E-state index in [9.17, 15) is 4.79 Å². The molecule has 4 aromatic rings. The lowest BCUT2D eigenvalue weighted by atomic mass is 10.1. The first-order chi connectivity index (χ1) is 14.7. The van der Waals surface area contributed by atoms with E-state index in [1.807, 2.05) is 78.2 Å². The summed E-state index contributed by atoms with van der Waals surface area (Å²) in [6, 6.07) is 22.0. The summed E-state index contributed by atoms with van der Waals surface area (Å²) >= 11 is 1.37. The van der Waals surface area contributed by atoms with Crippen LogP contribution in [-0.2, 0) is 11.3 Å². The van der Waals surface area contributed by atoms with Crippen LogP contribution < -0.4 is 5.32 Å². The van der Waals surface area contributed by atoms with E-state index in [2.05, 4.69) is 28.2 Å². The minimum Gasteiger partial charge on any atom is -0.325 e. The van der Waals surface area contributed by atoms with E-state index in [1.165, 1.54) is 11.8 Å². The SMILES string of the molecule is C=CCn1c(SCC(=O)Nc2cccc3ccccc23)nnc1-c1cccc(C)c1. The van der Waals surface area contributed by atoms with Crippen molar-refractivity contribution in [1.29, 1.82) is 0 Å². The molecule has 0 aliphatic carbocycles. The molecule has 5 nitrogen and oxygen atoms in total. The monoisotopic (exact) mass is 414 g/mol. The first-order valence-electron chi connectivity index (χ1n) is 9.67. The molecule has 0 saturated heterocycles. The molecule has 3 aromatic carbocycles. The molecule has 0 saturated carbocycles. The number of hydrogen-bond donors (Lipinski definition) is 1. The molecular weight excluding hydrogens is 392 g/mol. The molecule has 0 atom stereocenters. The second-order valence-corrected chi connectivity index (χ2v) is 7.88. The Hall–Kier alpha value is -3.38. The van der Waals surface area contributed by atoms with Gasteiger partial charge in [0.15, 0.2) is 11.0 Å². The molecule has 30 heavy (non-hydrogen) atoms. The van der Waals surface area contributed by atoms with Crippen LogP contribution in [0.25, 0.3) is 22.2 Å². The minimum absolute atomic E-state index is 0.0818. The summed E-state index contributed by atoms with van der Waals surface area (Å²) in [4.78, 5) is 12.6.